The van der Waals surface area contributed by atoms with Crippen LogP contribution in [0.2, 0.25) is 0 Å². The summed E-state index contributed by atoms with van der Waals surface area (Å²) < 4.78 is 0. The van der Waals surface area contributed by atoms with Crippen molar-refractivity contribution in [2.45, 2.75) is 6.54 Å². The van der Waals surface area contributed by atoms with Crippen LogP contribution in [0.25, 0.3) is 0 Å². The number of primary amides is 1. The van der Waals surface area contributed by atoms with Crippen LogP contribution in [-0.4, -0.2) is 44.4 Å². The molecule has 0 unspecified atom stereocenters. The number of nitrogens with one attached hydrogen (secondary N) is 1. The van der Waals surface area contributed by atoms with Crippen molar-refractivity contribution in [3.63, 3.8) is 0 Å². The van der Waals surface area contributed by atoms with Gasteiger partial charge in [-0.25, -0.2) is 0 Å². The predicted octanol–water partition coefficient (Wildman–Crippen LogP) is 1.98. The number of anilines is 2. The summed E-state index contributed by atoms with van der Waals surface area (Å²) in [6, 6.07) is 9.81. The number of carbonyl (C=O) groups is 2. The van der Waals surface area contributed by atoms with Gasteiger partial charge in [0.25, 0.3) is 5.91 Å². The second kappa shape index (κ2) is 7.94. The highest BCUT2D eigenvalue weighted by Gasteiger charge is 2.14. The quantitative estimate of drug-likeness (QED) is 0.803. The molecule has 0 fully saturated rings. The smallest absolute Gasteiger partial charge is 0.251 e. The van der Waals surface area contributed by atoms with Gasteiger partial charge in [0, 0.05) is 26.3 Å². The second-order valence-electron chi connectivity index (χ2n) is 5.81. The fraction of sp³-hybridized carbons (Fsp3) is 0.294. The Bertz CT molecular complexity index is 710. The van der Waals surface area contributed by atoms with E-state index in [2.05, 4.69) is 5.32 Å². The number of carbonyl (C=O) groups excluding carboxylic acids is 2. The lowest BCUT2D eigenvalue weighted by molar-refractivity contribution is -0.117. The van der Waals surface area contributed by atoms with E-state index in [1.165, 1.54) is 11.3 Å². The molecule has 6 nitrogen and oxygen atoms in total. The Balaban J connectivity index is 1.89. The minimum Gasteiger partial charge on any atom is -0.378 e. The average molecular weight is 346 g/mol. The van der Waals surface area contributed by atoms with E-state index in [4.69, 9.17) is 5.73 Å². The van der Waals surface area contributed by atoms with E-state index in [-0.39, 0.29) is 12.5 Å². The zero-order valence-corrected chi connectivity index (χ0v) is 14.9. The summed E-state index contributed by atoms with van der Waals surface area (Å²) in [5.74, 6) is -0.715. The van der Waals surface area contributed by atoms with Gasteiger partial charge in [0.1, 0.15) is 5.00 Å². The van der Waals surface area contributed by atoms with Crippen molar-refractivity contribution in [3.8, 4) is 0 Å². The van der Waals surface area contributed by atoms with Gasteiger partial charge in [0.05, 0.1) is 12.1 Å². The number of nitrogens with two attached hydrogens (primary N) is 1. The maximum Gasteiger partial charge on any atom is 0.251 e. The molecule has 7 heteroatoms. The van der Waals surface area contributed by atoms with Crippen molar-refractivity contribution in [1.82, 2.24) is 4.90 Å². The molecule has 2 rings (SSSR count). The molecule has 1 heterocycles. The molecule has 0 radical (unpaired) electrons. The molecule has 2 amide bonds. The van der Waals surface area contributed by atoms with Crippen LogP contribution in [0.15, 0.2) is 35.7 Å². The highest BCUT2D eigenvalue weighted by molar-refractivity contribution is 7.14. The van der Waals surface area contributed by atoms with Gasteiger partial charge in [0.15, 0.2) is 0 Å². The lowest BCUT2D eigenvalue weighted by Crippen LogP contribution is -2.30. The van der Waals surface area contributed by atoms with Crippen LogP contribution < -0.4 is 16.0 Å². The van der Waals surface area contributed by atoms with E-state index in [0.717, 1.165) is 11.3 Å². The van der Waals surface area contributed by atoms with E-state index in [1.54, 1.807) is 11.4 Å². The van der Waals surface area contributed by atoms with Crippen LogP contribution in [-0.2, 0) is 11.3 Å². The summed E-state index contributed by atoms with van der Waals surface area (Å²) in [6.45, 7) is 0.889. The van der Waals surface area contributed by atoms with Crippen molar-refractivity contribution in [1.29, 1.82) is 0 Å². The molecule has 1 aromatic heterocycles. The van der Waals surface area contributed by atoms with Gasteiger partial charge >= 0.3 is 0 Å². The maximum absolute atomic E-state index is 12.1. The zero-order chi connectivity index (χ0) is 17.7. The maximum atomic E-state index is 12.1. The van der Waals surface area contributed by atoms with Crippen molar-refractivity contribution in [2.24, 2.45) is 5.73 Å². The van der Waals surface area contributed by atoms with Crippen LogP contribution >= 0.6 is 11.3 Å². The highest BCUT2D eigenvalue weighted by Crippen LogP contribution is 2.22. The topological polar surface area (TPSA) is 78.7 Å². The molecule has 0 bridgehead atoms. The summed E-state index contributed by atoms with van der Waals surface area (Å²) >= 11 is 1.29. The standard InChI is InChI=1S/C17H22N4O2S/c1-20(2)13-6-4-12(5-7-13)10-21(3)11-15(22)19-17-14(16(18)23)8-9-24-17/h4-9H,10-11H2,1-3H3,(H2,18,23)(H,19,22). The van der Waals surface area contributed by atoms with E-state index < -0.39 is 5.91 Å². The number of thiophene rings is 1. The van der Waals surface area contributed by atoms with Crippen molar-refractivity contribution in [2.75, 3.05) is 37.9 Å². The number of rotatable bonds is 7. The molecular formula is C17H22N4O2S. The molecule has 3 N–H and O–H groups in total. The number of amides is 2. The van der Waals surface area contributed by atoms with Crippen LogP contribution in [0, 0.1) is 0 Å². The van der Waals surface area contributed by atoms with Gasteiger partial charge in [-0.15, -0.1) is 11.3 Å². The third kappa shape index (κ3) is 4.81. The molecule has 0 atom stereocenters. The third-order valence-corrected chi connectivity index (χ3v) is 4.33. The summed E-state index contributed by atoms with van der Waals surface area (Å²) in [4.78, 5) is 27.3. The van der Waals surface area contributed by atoms with Crippen molar-refractivity contribution in [3.05, 3.63) is 46.8 Å². The van der Waals surface area contributed by atoms with Crippen LogP contribution in [0.1, 0.15) is 15.9 Å². The Morgan fingerprint density at radius 1 is 1.12 bits per heavy atom. The Morgan fingerprint density at radius 2 is 1.79 bits per heavy atom. The Labute approximate surface area is 145 Å². The van der Waals surface area contributed by atoms with Crippen LogP contribution in [0.3, 0.4) is 0 Å². The number of likely N-dealkylation sites (N-methyl/N-ethyl adjacent to an activating group) is 1. The first kappa shape index (κ1) is 18.0. The number of hydrogen-bond donors (Lipinski definition) is 2. The molecule has 0 aliphatic heterocycles. The second-order valence-corrected chi connectivity index (χ2v) is 6.73. The molecule has 0 aliphatic rings. The fourth-order valence-corrected chi connectivity index (χ4v) is 3.09. The molecule has 0 aliphatic carbocycles. The highest BCUT2D eigenvalue weighted by atomic mass is 32.1. The third-order valence-electron chi connectivity index (χ3n) is 3.50. The number of benzene rings is 1. The molecular weight excluding hydrogens is 324 g/mol. The Hall–Kier alpha value is -2.38. The minimum atomic E-state index is -0.541. The van der Waals surface area contributed by atoms with Gasteiger partial charge in [-0.1, -0.05) is 12.1 Å². The monoisotopic (exact) mass is 346 g/mol. The molecule has 24 heavy (non-hydrogen) atoms. The molecule has 1 aromatic carbocycles. The Morgan fingerprint density at radius 3 is 2.38 bits per heavy atom. The predicted molar refractivity (Wildman–Crippen MR) is 98.6 cm³/mol. The molecule has 128 valence electrons. The van der Waals surface area contributed by atoms with Crippen molar-refractivity contribution >= 4 is 33.8 Å². The molecule has 0 saturated carbocycles. The summed E-state index contributed by atoms with van der Waals surface area (Å²) in [6.07, 6.45) is 0. The average Bonchev–Trinajstić information content (AvgIpc) is 2.95. The largest absolute Gasteiger partial charge is 0.378 e. The zero-order valence-electron chi connectivity index (χ0n) is 14.1. The van der Waals surface area contributed by atoms with Crippen LogP contribution in [0.5, 0.6) is 0 Å². The van der Waals surface area contributed by atoms with E-state index in [1.807, 2.05) is 55.2 Å². The first-order valence-corrected chi connectivity index (χ1v) is 8.36. The summed E-state index contributed by atoms with van der Waals surface area (Å²) in [5, 5.41) is 4.97. The van der Waals surface area contributed by atoms with E-state index in [0.29, 0.717) is 17.1 Å². The van der Waals surface area contributed by atoms with Gasteiger partial charge in [-0.05, 0) is 36.2 Å². The van der Waals surface area contributed by atoms with E-state index >= 15 is 0 Å². The first-order valence-electron chi connectivity index (χ1n) is 7.48. The normalized spacial score (nSPS) is 10.7. The Kier molecular flexibility index (Phi) is 5.94. The van der Waals surface area contributed by atoms with Gasteiger partial charge in [-0.2, -0.15) is 0 Å². The molecule has 0 saturated heterocycles. The van der Waals surface area contributed by atoms with Gasteiger partial charge in [0.2, 0.25) is 5.91 Å². The first-order chi connectivity index (χ1) is 11.4. The summed E-state index contributed by atoms with van der Waals surface area (Å²) in [7, 11) is 5.87. The van der Waals surface area contributed by atoms with Gasteiger partial charge < -0.3 is 16.0 Å². The lowest BCUT2D eigenvalue weighted by atomic mass is 10.2. The molecule has 0 spiro atoms. The van der Waals surface area contributed by atoms with Crippen molar-refractivity contribution < 1.29 is 9.59 Å². The molecule has 2 aromatic rings. The number of hydrogen-bond acceptors (Lipinski definition) is 5. The van der Waals surface area contributed by atoms with Gasteiger partial charge in [-0.3, -0.25) is 14.5 Å². The van der Waals surface area contributed by atoms with E-state index in [9.17, 15) is 9.59 Å². The minimum absolute atomic E-state index is 0.174. The summed E-state index contributed by atoms with van der Waals surface area (Å²) in [5.41, 5.74) is 7.88. The number of nitrogens with zero attached hydrogens (tertiary/aromatic N) is 2. The lowest BCUT2D eigenvalue weighted by Gasteiger charge is -2.17. The fourth-order valence-electron chi connectivity index (χ4n) is 2.28. The van der Waals surface area contributed by atoms with Crippen LogP contribution in [0.4, 0.5) is 10.7 Å². The SMILES string of the molecule is CN(CC(=O)Nc1sccc1C(N)=O)Cc1ccc(N(C)C)cc1.